The van der Waals surface area contributed by atoms with Crippen LogP contribution in [-0.4, -0.2) is 6.04 Å². The quantitative estimate of drug-likeness (QED) is 0.823. The number of hydrogen-bond donors (Lipinski definition) is 1. The molecule has 3 nitrogen and oxygen atoms in total. The van der Waals surface area contributed by atoms with Gasteiger partial charge in [-0.3, -0.25) is 0 Å². The van der Waals surface area contributed by atoms with Gasteiger partial charge in [-0.1, -0.05) is 6.42 Å². The first-order valence-corrected chi connectivity index (χ1v) is 5.50. The molecule has 80 valence electrons. The van der Waals surface area contributed by atoms with E-state index in [1.807, 2.05) is 12.1 Å². The van der Waals surface area contributed by atoms with Crippen LogP contribution in [0, 0.1) is 17.2 Å². The molecule has 1 saturated carbocycles. The topological polar surface area (TPSA) is 49.0 Å². The second-order valence-corrected chi connectivity index (χ2v) is 4.18. The Hall–Kier alpha value is -1.27. The van der Waals surface area contributed by atoms with Gasteiger partial charge in [-0.05, 0) is 31.9 Å². The SMILES string of the molecule is CC(NC1CCCC1C#N)c1ccco1. The lowest BCUT2D eigenvalue weighted by atomic mass is 10.0. The van der Waals surface area contributed by atoms with E-state index in [0.29, 0.717) is 6.04 Å². The van der Waals surface area contributed by atoms with Crippen LogP contribution in [0.5, 0.6) is 0 Å². The fourth-order valence-electron chi connectivity index (χ4n) is 2.25. The molecule has 1 aromatic heterocycles. The molecule has 3 heteroatoms. The first kappa shape index (κ1) is 10.3. The van der Waals surface area contributed by atoms with E-state index in [0.717, 1.165) is 25.0 Å². The van der Waals surface area contributed by atoms with Gasteiger partial charge in [0.05, 0.1) is 24.3 Å². The maximum Gasteiger partial charge on any atom is 0.120 e. The summed E-state index contributed by atoms with van der Waals surface area (Å²) >= 11 is 0. The highest BCUT2D eigenvalue weighted by molar-refractivity contribution is 5.05. The highest BCUT2D eigenvalue weighted by atomic mass is 16.3. The Balaban J connectivity index is 1.94. The molecule has 0 saturated heterocycles. The molecule has 15 heavy (non-hydrogen) atoms. The summed E-state index contributed by atoms with van der Waals surface area (Å²) in [5.74, 6) is 1.11. The van der Waals surface area contributed by atoms with Gasteiger partial charge in [0, 0.05) is 6.04 Å². The van der Waals surface area contributed by atoms with Crippen molar-refractivity contribution < 1.29 is 4.42 Å². The average molecular weight is 204 g/mol. The lowest BCUT2D eigenvalue weighted by Gasteiger charge is -2.19. The molecule has 1 N–H and O–H groups in total. The first-order valence-electron chi connectivity index (χ1n) is 5.50. The van der Waals surface area contributed by atoms with Crippen molar-refractivity contribution in [1.29, 1.82) is 5.26 Å². The van der Waals surface area contributed by atoms with E-state index in [-0.39, 0.29) is 12.0 Å². The third kappa shape index (κ3) is 2.21. The summed E-state index contributed by atoms with van der Waals surface area (Å²) in [4.78, 5) is 0. The zero-order chi connectivity index (χ0) is 10.7. The van der Waals surface area contributed by atoms with Crippen LogP contribution in [0.25, 0.3) is 0 Å². The van der Waals surface area contributed by atoms with E-state index in [1.54, 1.807) is 6.26 Å². The minimum absolute atomic E-state index is 0.169. The Bertz CT molecular complexity index is 339. The standard InChI is InChI=1S/C12H16N2O/c1-9(12-6-3-7-15-12)14-11-5-2-4-10(11)8-13/h3,6-7,9-11,14H,2,4-5H2,1H3. The maximum atomic E-state index is 8.97. The third-order valence-corrected chi connectivity index (χ3v) is 3.12. The van der Waals surface area contributed by atoms with Gasteiger partial charge in [-0.15, -0.1) is 0 Å². The van der Waals surface area contributed by atoms with Gasteiger partial charge in [0.15, 0.2) is 0 Å². The first-order chi connectivity index (χ1) is 7.31. The molecule has 0 bridgehead atoms. The fraction of sp³-hybridized carbons (Fsp3) is 0.583. The van der Waals surface area contributed by atoms with Crippen LogP contribution < -0.4 is 5.32 Å². The largest absolute Gasteiger partial charge is 0.468 e. The molecule has 0 spiro atoms. The van der Waals surface area contributed by atoms with Gasteiger partial charge in [0.2, 0.25) is 0 Å². The summed E-state index contributed by atoms with van der Waals surface area (Å²) in [7, 11) is 0. The Labute approximate surface area is 90.1 Å². The molecule has 0 radical (unpaired) electrons. The second-order valence-electron chi connectivity index (χ2n) is 4.18. The molecular formula is C12H16N2O. The van der Waals surface area contributed by atoms with Crippen molar-refractivity contribution in [3.63, 3.8) is 0 Å². The Morgan fingerprint density at radius 3 is 3.13 bits per heavy atom. The van der Waals surface area contributed by atoms with Gasteiger partial charge in [0.1, 0.15) is 5.76 Å². The Morgan fingerprint density at radius 2 is 2.47 bits per heavy atom. The van der Waals surface area contributed by atoms with Crippen molar-refractivity contribution in [1.82, 2.24) is 5.32 Å². The summed E-state index contributed by atoms with van der Waals surface area (Å²) in [6.45, 7) is 2.07. The summed E-state index contributed by atoms with van der Waals surface area (Å²) in [5.41, 5.74) is 0. The van der Waals surface area contributed by atoms with E-state index in [1.165, 1.54) is 0 Å². The Morgan fingerprint density at radius 1 is 1.60 bits per heavy atom. The number of rotatable bonds is 3. The van der Waals surface area contributed by atoms with Crippen LogP contribution in [-0.2, 0) is 0 Å². The minimum atomic E-state index is 0.169. The predicted octanol–water partition coefficient (Wildman–Crippen LogP) is 2.62. The Kier molecular flexibility index (Phi) is 3.08. The summed E-state index contributed by atoms with van der Waals surface area (Å²) in [5, 5.41) is 12.4. The molecule has 0 aromatic carbocycles. The van der Waals surface area contributed by atoms with Crippen LogP contribution >= 0.6 is 0 Å². The summed E-state index contributed by atoms with van der Waals surface area (Å²) < 4.78 is 5.33. The van der Waals surface area contributed by atoms with Crippen LogP contribution in [0.4, 0.5) is 0 Å². The number of furan rings is 1. The van der Waals surface area contributed by atoms with Gasteiger partial charge in [0.25, 0.3) is 0 Å². The third-order valence-electron chi connectivity index (χ3n) is 3.12. The van der Waals surface area contributed by atoms with Crippen molar-refractivity contribution >= 4 is 0 Å². The number of nitrogens with zero attached hydrogens (tertiary/aromatic N) is 1. The van der Waals surface area contributed by atoms with Gasteiger partial charge >= 0.3 is 0 Å². The van der Waals surface area contributed by atoms with E-state index in [4.69, 9.17) is 9.68 Å². The van der Waals surface area contributed by atoms with Crippen molar-refractivity contribution in [3.05, 3.63) is 24.2 Å². The highest BCUT2D eigenvalue weighted by Gasteiger charge is 2.28. The van der Waals surface area contributed by atoms with Crippen LogP contribution in [0.3, 0.4) is 0 Å². The monoisotopic (exact) mass is 204 g/mol. The number of hydrogen-bond acceptors (Lipinski definition) is 3. The summed E-state index contributed by atoms with van der Waals surface area (Å²) in [6, 6.07) is 6.75. The normalized spacial score (nSPS) is 27.5. The molecule has 1 fully saturated rings. The molecule has 1 heterocycles. The van der Waals surface area contributed by atoms with E-state index >= 15 is 0 Å². The maximum absolute atomic E-state index is 8.97. The number of nitrogens with one attached hydrogen (secondary N) is 1. The lowest BCUT2D eigenvalue weighted by Crippen LogP contribution is -2.33. The van der Waals surface area contributed by atoms with Crippen molar-refractivity contribution in [2.45, 2.75) is 38.3 Å². The average Bonchev–Trinajstić information content (AvgIpc) is 2.87. The van der Waals surface area contributed by atoms with Gasteiger partial charge < -0.3 is 9.73 Å². The zero-order valence-electron chi connectivity index (χ0n) is 8.94. The second kappa shape index (κ2) is 4.50. The molecule has 1 aliphatic carbocycles. The van der Waals surface area contributed by atoms with Gasteiger partial charge in [-0.25, -0.2) is 0 Å². The summed E-state index contributed by atoms with van der Waals surface area (Å²) in [6.07, 6.45) is 4.97. The van der Waals surface area contributed by atoms with E-state index < -0.39 is 0 Å². The molecule has 1 aliphatic rings. The van der Waals surface area contributed by atoms with Crippen LogP contribution in [0.15, 0.2) is 22.8 Å². The fourth-order valence-corrected chi connectivity index (χ4v) is 2.25. The van der Waals surface area contributed by atoms with E-state index in [9.17, 15) is 0 Å². The smallest absolute Gasteiger partial charge is 0.120 e. The van der Waals surface area contributed by atoms with E-state index in [2.05, 4.69) is 18.3 Å². The minimum Gasteiger partial charge on any atom is -0.468 e. The molecule has 3 unspecified atom stereocenters. The van der Waals surface area contributed by atoms with Crippen molar-refractivity contribution in [2.24, 2.45) is 5.92 Å². The van der Waals surface area contributed by atoms with Gasteiger partial charge in [-0.2, -0.15) is 5.26 Å². The molecule has 3 atom stereocenters. The molecular weight excluding hydrogens is 188 g/mol. The van der Waals surface area contributed by atoms with Crippen LogP contribution in [0.2, 0.25) is 0 Å². The zero-order valence-corrected chi connectivity index (χ0v) is 8.94. The molecule has 0 amide bonds. The molecule has 1 aromatic rings. The van der Waals surface area contributed by atoms with Crippen LogP contribution in [0.1, 0.15) is 38.0 Å². The highest BCUT2D eigenvalue weighted by Crippen LogP contribution is 2.27. The van der Waals surface area contributed by atoms with Crippen molar-refractivity contribution in [2.75, 3.05) is 0 Å². The molecule has 0 aliphatic heterocycles. The number of nitriles is 1. The lowest BCUT2D eigenvalue weighted by molar-refractivity contribution is 0.368. The van der Waals surface area contributed by atoms with Crippen molar-refractivity contribution in [3.8, 4) is 6.07 Å². The molecule has 2 rings (SSSR count). The predicted molar refractivity (Wildman–Crippen MR) is 57.0 cm³/mol.